The van der Waals surface area contributed by atoms with Gasteiger partial charge in [0.15, 0.2) is 6.17 Å². The summed E-state index contributed by atoms with van der Waals surface area (Å²) >= 11 is 1.57. The summed E-state index contributed by atoms with van der Waals surface area (Å²) in [5.41, 5.74) is 2.20. The third-order valence-electron chi connectivity index (χ3n) is 4.35. The van der Waals surface area contributed by atoms with Crippen molar-refractivity contribution in [3.05, 3.63) is 47.3 Å². The van der Waals surface area contributed by atoms with Gasteiger partial charge in [-0.15, -0.1) is 11.8 Å². The van der Waals surface area contributed by atoms with E-state index in [4.69, 9.17) is 4.84 Å². The summed E-state index contributed by atoms with van der Waals surface area (Å²) in [5, 5.41) is 1.53. The van der Waals surface area contributed by atoms with Crippen LogP contribution in [0.25, 0.3) is 0 Å². The van der Waals surface area contributed by atoms with Crippen molar-refractivity contribution >= 4 is 23.1 Å². The van der Waals surface area contributed by atoms with E-state index in [0.717, 1.165) is 28.3 Å². The lowest BCUT2D eigenvalue weighted by Crippen LogP contribution is -2.34. The third kappa shape index (κ3) is 3.12. The average Bonchev–Trinajstić information content (AvgIpc) is 2.86. The molecule has 3 rings (SSSR count). The molecule has 1 aliphatic heterocycles. The van der Waals surface area contributed by atoms with Crippen LogP contribution < -0.4 is 9.96 Å². The van der Waals surface area contributed by atoms with Gasteiger partial charge in [-0.3, -0.25) is 9.82 Å². The first kappa shape index (κ1) is 18.8. The number of pyridine rings is 1. The Morgan fingerprint density at radius 1 is 1.23 bits per heavy atom. The normalized spacial score (nSPS) is 17.0. The van der Waals surface area contributed by atoms with Gasteiger partial charge in [-0.2, -0.15) is 13.2 Å². The first-order chi connectivity index (χ1) is 12.3. The van der Waals surface area contributed by atoms with E-state index < -0.39 is 17.9 Å². The predicted molar refractivity (Wildman–Crippen MR) is 97.4 cm³/mol. The Kier molecular flexibility index (Phi) is 5.07. The van der Waals surface area contributed by atoms with Gasteiger partial charge >= 0.3 is 6.18 Å². The van der Waals surface area contributed by atoms with Crippen LogP contribution in [0.4, 0.5) is 24.5 Å². The molecule has 0 radical (unpaired) electrons. The Balaban J connectivity index is 2.14. The molecule has 0 aliphatic carbocycles. The maximum absolute atomic E-state index is 13.2. The molecule has 0 saturated heterocycles. The Morgan fingerprint density at radius 3 is 2.58 bits per heavy atom. The molecule has 0 saturated carbocycles. The Bertz CT molecular complexity index is 813. The number of thioether (sulfide) groups is 1. The van der Waals surface area contributed by atoms with E-state index in [1.807, 2.05) is 38.1 Å². The maximum Gasteiger partial charge on any atom is 0.416 e. The van der Waals surface area contributed by atoms with Crippen LogP contribution in [0.5, 0.6) is 0 Å². The summed E-state index contributed by atoms with van der Waals surface area (Å²) in [6.45, 7) is 4.13. The highest BCUT2D eigenvalue weighted by Crippen LogP contribution is 2.48. The van der Waals surface area contributed by atoms with Crippen molar-refractivity contribution in [2.24, 2.45) is 0 Å². The summed E-state index contributed by atoms with van der Waals surface area (Å²) in [6, 6.07) is 5.64. The van der Waals surface area contributed by atoms with E-state index in [2.05, 4.69) is 4.98 Å². The highest BCUT2D eigenvalue weighted by molar-refractivity contribution is 7.98. The average molecular weight is 383 g/mol. The minimum atomic E-state index is -4.41. The summed E-state index contributed by atoms with van der Waals surface area (Å²) in [5.74, 6) is 0. The van der Waals surface area contributed by atoms with Crippen LogP contribution in [0, 0.1) is 6.92 Å². The first-order valence-corrected chi connectivity index (χ1v) is 9.37. The van der Waals surface area contributed by atoms with Crippen LogP contribution in [-0.2, 0) is 11.0 Å². The number of alkyl halides is 3. The Hall–Kier alpha value is -1.93. The van der Waals surface area contributed by atoms with Gasteiger partial charge < -0.3 is 4.90 Å². The monoisotopic (exact) mass is 383 g/mol. The van der Waals surface area contributed by atoms with Gasteiger partial charge in [0.25, 0.3) is 0 Å². The number of fused-ring (bicyclic) bond motifs is 1. The summed E-state index contributed by atoms with van der Waals surface area (Å²) in [4.78, 5) is 13.2. The van der Waals surface area contributed by atoms with E-state index in [1.54, 1.807) is 18.0 Å². The molecule has 8 heteroatoms. The highest BCUT2D eigenvalue weighted by Gasteiger charge is 2.40. The molecule has 4 nitrogen and oxygen atoms in total. The molecular formula is C18H20F3N3OS. The zero-order valence-electron chi connectivity index (χ0n) is 15.0. The van der Waals surface area contributed by atoms with Gasteiger partial charge in [0, 0.05) is 18.1 Å². The second-order valence-corrected chi connectivity index (χ2v) is 6.79. The standard InChI is InChI=1S/C18H20F3N3OS/c1-5-25-24-14-10-12(18(19,20)21)6-7-13(14)23(3)17(24)15-16(26-4)11(2)8-9-22-15/h6-10,17H,5H2,1-4H3. The fourth-order valence-electron chi connectivity index (χ4n) is 3.18. The van der Waals surface area contributed by atoms with Crippen molar-refractivity contribution in [3.63, 3.8) is 0 Å². The van der Waals surface area contributed by atoms with Crippen LogP contribution in [0.2, 0.25) is 0 Å². The summed E-state index contributed by atoms with van der Waals surface area (Å²) in [7, 11) is 1.84. The number of rotatable bonds is 4. The van der Waals surface area contributed by atoms with Crippen LogP contribution in [-0.4, -0.2) is 24.9 Å². The minimum absolute atomic E-state index is 0.334. The first-order valence-electron chi connectivity index (χ1n) is 8.15. The van der Waals surface area contributed by atoms with Gasteiger partial charge in [0.05, 0.1) is 29.2 Å². The lowest BCUT2D eigenvalue weighted by atomic mass is 10.1. The van der Waals surface area contributed by atoms with E-state index >= 15 is 0 Å². The van der Waals surface area contributed by atoms with Crippen LogP contribution in [0.3, 0.4) is 0 Å². The Labute approximate surface area is 154 Å². The highest BCUT2D eigenvalue weighted by atomic mass is 32.2. The zero-order chi connectivity index (χ0) is 19.1. The maximum atomic E-state index is 13.2. The number of anilines is 2. The molecule has 1 aromatic carbocycles. The number of hydrogen-bond acceptors (Lipinski definition) is 5. The fourth-order valence-corrected chi connectivity index (χ4v) is 3.94. The summed E-state index contributed by atoms with van der Waals surface area (Å²) < 4.78 is 39.5. The molecule has 0 N–H and O–H groups in total. The molecule has 2 heterocycles. The van der Waals surface area contributed by atoms with E-state index in [-0.39, 0.29) is 0 Å². The van der Waals surface area contributed by atoms with Crippen molar-refractivity contribution in [1.29, 1.82) is 0 Å². The van der Waals surface area contributed by atoms with E-state index in [0.29, 0.717) is 18.0 Å². The van der Waals surface area contributed by atoms with Crippen molar-refractivity contribution in [2.75, 3.05) is 29.9 Å². The van der Waals surface area contributed by atoms with Crippen molar-refractivity contribution in [1.82, 2.24) is 4.98 Å². The molecule has 140 valence electrons. The number of hydrogen-bond donors (Lipinski definition) is 0. The van der Waals surface area contributed by atoms with Gasteiger partial charge in [-0.05, 0) is 49.9 Å². The number of nitrogens with zero attached hydrogens (tertiary/aromatic N) is 3. The van der Waals surface area contributed by atoms with Crippen molar-refractivity contribution in [3.8, 4) is 0 Å². The molecule has 0 amide bonds. The second kappa shape index (κ2) is 7.00. The Morgan fingerprint density at radius 2 is 1.96 bits per heavy atom. The molecule has 1 atom stereocenters. The van der Waals surface area contributed by atoms with Crippen LogP contribution in [0.1, 0.15) is 29.9 Å². The lowest BCUT2D eigenvalue weighted by Gasteiger charge is -2.30. The molecule has 1 unspecified atom stereocenters. The fraction of sp³-hybridized carbons (Fsp3) is 0.389. The zero-order valence-corrected chi connectivity index (χ0v) is 15.8. The SMILES string of the molecule is CCON1c2cc(C(F)(F)F)ccc2N(C)C1c1nccc(C)c1SC. The van der Waals surface area contributed by atoms with Gasteiger partial charge in [0.2, 0.25) is 0 Å². The second-order valence-electron chi connectivity index (χ2n) is 5.98. The predicted octanol–water partition coefficient (Wildman–Crippen LogP) is 5.04. The molecule has 1 aromatic heterocycles. The smallest absolute Gasteiger partial charge is 0.346 e. The number of halogens is 3. The number of hydroxylamine groups is 1. The van der Waals surface area contributed by atoms with Gasteiger partial charge in [0.1, 0.15) is 0 Å². The third-order valence-corrected chi connectivity index (χ3v) is 5.29. The van der Waals surface area contributed by atoms with E-state index in [1.165, 1.54) is 11.1 Å². The topological polar surface area (TPSA) is 28.6 Å². The number of benzene rings is 1. The van der Waals surface area contributed by atoms with Crippen LogP contribution in [0.15, 0.2) is 35.4 Å². The van der Waals surface area contributed by atoms with Crippen molar-refractivity contribution < 1.29 is 18.0 Å². The largest absolute Gasteiger partial charge is 0.416 e. The molecule has 0 bridgehead atoms. The van der Waals surface area contributed by atoms with Gasteiger partial charge in [-0.1, -0.05) is 0 Å². The quantitative estimate of drug-likeness (QED) is 0.690. The van der Waals surface area contributed by atoms with Crippen LogP contribution >= 0.6 is 11.8 Å². The molecular weight excluding hydrogens is 363 g/mol. The number of aromatic nitrogens is 1. The summed E-state index contributed by atoms with van der Waals surface area (Å²) in [6.07, 6.45) is -1.17. The van der Waals surface area contributed by atoms with Gasteiger partial charge in [-0.25, -0.2) is 5.06 Å². The molecule has 1 aliphatic rings. The lowest BCUT2D eigenvalue weighted by molar-refractivity contribution is -0.137. The van der Waals surface area contributed by atoms with E-state index in [9.17, 15) is 13.2 Å². The molecule has 0 spiro atoms. The van der Waals surface area contributed by atoms with Crippen molar-refractivity contribution in [2.45, 2.75) is 31.1 Å². The molecule has 2 aromatic rings. The minimum Gasteiger partial charge on any atom is -0.346 e. The molecule has 26 heavy (non-hydrogen) atoms. The molecule has 0 fully saturated rings. The number of aryl methyl sites for hydroxylation is 1.